The second-order valence-corrected chi connectivity index (χ2v) is 13.5. The van der Waals surface area contributed by atoms with Crippen LogP contribution in [0.15, 0.2) is 71.9 Å². The lowest BCUT2D eigenvalue weighted by Crippen LogP contribution is -2.37. The number of halogens is 3. The molecule has 0 atom stereocenters. The number of pyridine rings is 2. The number of nitrogens with one attached hydrogen (secondary N) is 1. The molecule has 1 aliphatic rings. The van der Waals surface area contributed by atoms with Crippen molar-refractivity contribution in [3.8, 4) is 22.8 Å². The summed E-state index contributed by atoms with van der Waals surface area (Å²) in [4.78, 5) is 22.1. The number of alkyl halides is 3. The Balaban J connectivity index is 1.55. The highest BCUT2D eigenvalue weighted by atomic mass is 32.2. The number of benzene rings is 1. The van der Waals surface area contributed by atoms with Crippen molar-refractivity contribution in [3.63, 3.8) is 0 Å². The molecule has 0 saturated heterocycles. The standard InChI is InChI=1S/C32H35F3N6O5S/c1-31(2,32(33,34)35)21-46-27-17-19-41(38-27)24-15-16-25-36-30(24)23-12-7-6-11-22(23)10-5-3-4-8-18-40(20-29(42)43)26-13-9-14-28(37-26)47(44,45)39-25/h6-7,9,11-17,19H,3-5,8,10,18,20-21H2,1-2H3,(H,36,39)(H,42,43). The van der Waals surface area contributed by atoms with Gasteiger partial charge in [0, 0.05) is 24.4 Å². The minimum Gasteiger partial charge on any atom is -0.480 e. The highest BCUT2D eigenvalue weighted by Crippen LogP contribution is 2.38. The summed E-state index contributed by atoms with van der Waals surface area (Å²) in [5.41, 5.74) is 0.445. The zero-order valence-corrected chi connectivity index (χ0v) is 26.7. The van der Waals surface area contributed by atoms with Crippen molar-refractivity contribution in [2.75, 3.05) is 29.3 Å². The van der Waals surface area contributed by atoms with E-state index in [2.05, 4.69) is 14.8 Å². The molecule has 15 heteroatoms. The fraction of sp³-hybridized carbons (Fsp3) is 0.375. The normalized spacial score (nSPS) is 15.6. The summed E-state index contributed by atoms with van der Waals surface area (Å²) in [5.74, 6) is -0.849. The Morgan fingerprint density at radius 1 is 0.979 bits per heavy atom. The molecule has 2 N–H and O–H groups in total. The molecule has 4 bridgehead atoms. The van der Waals surface area contributed by atoms with Crippen molar-refractivity contribution < 1.29 is 36.2 Å². The van der Waals surface area contributed by atoms with Crippen molar-refractivity contribution in [1.29, 1.82) is 0 Å². The Bertz CT molecular complexity index is 1840. The van der Waals surface area contributed by atoms with Gasteiger partial charge in [-0.15, -0.1) is 5.10 Å². The number of aliphatic carboxylic acids is 1. The van der Waals surface area contributed by atoms with Gasteiger partial charge in [0.1, 0.15) is 24.8 Å². The molecule has 3 aromatic heterocycles. The van der Waals surface area contributed by atoms with Crippen LogP contribution in [0, 0.1) is 5.41 Å². The van der Waals surface area contributed by atoms with Crippen molar-refractivity contribution in [2.45, 2.75) is 57.2 Å². The average molecular weight is 673 g/mol. The number of rotatable bonds is 6. The highest BCUT2D eigenvalue weighted by Gasteiger charge is 2.48. The molecule has 1 aromatic carbocycles. The predicted molar refractivity (Wildman–Crippen MR) is 169 cm³/mol. The SMILES string of the molecule is CC(C)(COc1ccn(-c2ccc3nc2-c2ccccc2CCCCCCN(CC(=O)O)c2cccc(n2)S(=O)(=O)N3)n1)C(F)(F)F. The maximum absolute atomic E-state index is 13.5. The van der Waals surface area contributed by atoms with Gasteiger partial charge in [-0.05, 0) is 62.9 Å². The number of hydrogen-bond donors (Lipinski definition) is 2. The molecule has 0 unspecified atom stereocenters. The third-order valence-electron chi connectivity index (χ3n) is 7.80. The molecular weight excluding hydrogens is 637 g/mol. The number of fused-ring (bicyclic) bond motifs is 6. The Morgan fingerprint density at radius 2 is 1.74 bits per heavy atom. The van der Waals surface area contributed by atoms with E-state index in [1.807, 2.05) is 24.3 Å². The van der Waals surface area contributed by atoms with Crippen molar-refractivity contribution in [3.05, 3.63) is 72.4 Å². The van der Waals surface area contributed by atoms with Gasteiger partial charge in [-0.2, -0.15) is 21.6 Å². The van der Waals surface area contributed by atoms with Crippen molar-refractivity contribution >= 4 is 27.6 Å². The summed E-state index contributed by atoms with van der Waals surface area (Å²) in [6.45, 7) is 1.52. The van der Waals surface area contributed by atoms with Gasteiger partial charge < -0.3 is 14.7 Å². The predicted octanol–water partition coefficient (Wildman–Crippen LogP) is 6.10. The van der Waals surface area contributed by atoms with Crippen LogP contribution >= 0.6 is 0 Å². The van der Waals surface area contributed by atoms with Gasteiger partial charge in [-0.1, -0.05) is 43.2 Å². The number of nitrogens with zero attached hydrogens (tertiary/aromatic N) is 5. The summed E-state index contributed by atoms with van der Waals surface area (Å²) in [6, 6.07) is 16.5. The zero-order chi connectivity index (χ0) is 33.8. The topological polar surface area (TPSA) is 140 Å². The monoisotopic (exact) mass is 672 g/mol. The van der Waals surface area contributed by atoms with Crippen LogP contribution in [0.25, 0.3) is 16.9 Å². The molecule has 0 fully saturated rings. The molecule has 5 rings (SSSR count). The van der Waals surface area contributed by atoms with Gasteiger partial charge >= 0.3 is 12.1 Å². The van der Waals surface area contributed by atoms with Crippen molar-refractivity contribution in [2.24, 2.45) is 5.41 Å². The van der Waals surface area contributed by atoms with Crippen molar-refractivity contribution in [1.82, 2.24) is 19.7 Å². The third-order valence-corrected chi connectivity index (χ3v) is 9.06. The number of anilines is 2. The lowest BCUT2D eigenvalue weighted by atomic mass is 9.94. The zero-order valence-electron chi connectivity index (χ0n) is 25.9. The lowest BCUT2D eigenvalue weighted by molar-refractivity contribution is -0.219. The van der Waals surface area contributed by atoms with E-state index in [0.717, 1.165) is 44.2 Å². The number of hydrogen-bond acceptors (Lipinski definition) is 8. The number of carboxylic acids is 1. The molecule has 0 aliphatic carbocycles. The molecule has 0 radical (unpaired) electrons. The molecular formula is C32H35F3N6O5S. The summed E-state index contributed by atoms with van der Waals surface area (Å²) >= 11 is 0. The van der Waals surface area contributed by atoms with Crippen LogP contribution in [0.3, 0.4) is 0 Å². The van der Waals surface area contributed by atoms with Gasteiger partial charge in [0.05, 0.1) is 16.8 Å². The Hall–Kier alpha value is -4.66. The number of ether oxygens (including phenoxy) is 1. The molecule has 0 spiro atoms. The number of sulfonamides is 1. The first-order chi connectivity index (χ1) is 22.2. The minimum absolute atomic E-state index is 0.00646. The van der Waals surface area contributed by atoms with Crippen LogP contribution in [0.1, 0.15) is 45.1 Å². The van der Waals surface area contributed by atoms with Gasteiger partial charge in [-0.25, -0.2) is 14.6 Å². The number of aromatic nitrogens is 4. The fourth-order valence-electron chi connectivity index (χ4n) is 5.04. The molecule has 0 amide bonds. The van der Waals surface area contributed by atoms with Crippen LogP contribution < -0.4 is 14.4 Å². The number of carboxylic acid groups (broad SMARTS) is 1. The van der Waals surface area contributed by atoms with E-state index in [0.29, 0.717) is 30.8 Å². The minimum atomic E-state index is -4.47. The van der Waals surface area contributed by atoms with Gasteiger partial charge in [0.15, 0.2) is 5.03 Å². The van der Waals surface area contributed by atoms with Gasteiger partial charge in [0.2, 0.25) is 5.88 Å². The number of carbonyl (C=O) groups is 1. The van der Waals surface area contributed by atoms with E-state index >= 15 is 0 Å². The molecule has 11 nitrogen and oxygen atoms in total. The molecule has 250 valence electrons. The third kappa shape index (κ3) is 8.02. The Labute approximate surface area is 270 Å². The van der Waals surface area contributed by atoms with E-state index in [1.165, 1.54) is 35.1 Å². The largest absolute Gasteiger partial charge is 0.480 e. The fourth-order valence-corrected chi connectivity index (χ4v) is 6.01. The Morgan fingerprint density at radius 3 is 2.51 bits per heavy atom. The second kappa shape index (κ2) is 13.6. The van der Waals surface area contributed by atoms with E-state index in [9.17, 15) is 31.5 Å². The maximum Gasteiger partial charge on any atom is 0.397 e. The van der Waals surface area contributed by atoms with E-state index in [4.69, 9.17) is 9.72 Å². The van der Waals surface area contributed by atoms with Crippen LogP contribution in [0.5, 0.6) is 5.88 Å². The Kier molecular flexibility index (Phi) is 9.75. The second-order valence-electron chi connectivity index (χ2n) is 11.9. The quantitative estimate of drug-likeness (QED) is 0.249. The molecule has 0 saturated carbocycles. The van der Waals surface area contributed by atoms with Crippen LogP contribution in [0.4, 0.5) is 24.8 Å². The molecule has 47 heavy (non-hydrogen) atoms. The first-order valence-corrected chi connectivity index (χ1v) is 16.5. The first-order valence-electron chi connectivity index (χ1n) is 15.0. The summed E-state index contributed by atoms with van der Waals surface area (Å²) in [7, 11) is -4.26. The van der Waals surface area contributed by atoms with Crippen LogP contribution in [-0.2, 0) is 21.2 Å². The van der Waals surface area contributed by atoms with Crippen LogP contribution in [0.2, 0.25) is 0 Å². The average Bonchev–Trinajstić information content (AvgIpc) is 3.49. The van der Waals surface area contributed by atoms with E-state index in [1.54, 1.807) is 17.0 Å². The summed E-state index contributed by atoms with van der Waals surface area (Å²) in [5, 5.41) is 13.5. The first kappa shape index (κ1) is 33.7. The lowest BCUT2D eigenvalue weighted by Gasteiger charge is -2.26. The molecule has 4 aromatic rings. The number of aryl methyl sites for hydroxylation is 1. The smallest absolute Gasteiger partial charge is 0.397 e. The molecule has 4 heterocycles. The highest BCUT2D eigenvalue weighted by molar-refractivity contribution is 7.92. The van der Waals surface area contributed by atoms with Crippen LogP contribution in [-0.4, -0.2) is 65.1 Å². The van der Waals surface area contributed by atoms with E-state index < -0.39 is 34.2 Å². The summed E-state index contributed by atoms with van der Waals surface area (Å²) in [6.07, 6.45) is 0.963. The summed E-state index contributed by atoms with van der Waals surface area (Å²) < 4.78 is 76.5. The van der Waals surface area contributed by atoms with Gasteiger partial charge in [-0.3, -0.25) is 9.52 Å². The van der Waals surface area contributed by atoms with E-state index in [-0.39, 0.29) is 29.1 Å². The molecule has 1 aliphatic heterocycles. The maximum atomic E-state index is 13.5. The van der Waals surface area contributed by atoms with Gasteiger partial charge in [0.25, 0.3) is 10.0 Å².